The Morgan fingerprint density at radius 1 is 1.12 bits per heavy atom. The number of aliphatic hydroxyl groups excluding tert-OH is 1. The van der Waals surface area contributed by atoms with Gasteiger partial charge in [0.15, 0.2) is 0 Å². The Kier molecular flexibility index (Phi) is 7.02. The highest BCUT2D eigenvalue weighted by Crippen LogP contribution is 2.46. The summed E-state index contributed by atoms with van der Waals surface area (Å²) in [6.45, 7) is 11.0. The Labute approximate surface area is 204 Å². The number of nitrogens with zero attached hydrogens (tertiary/aromatic N) is 2. The largest absolute Gasteiger partial charge is 0.396 e. The third-order valence-corrected chi connectivity index (χ3v) is 7.83. The minimum atomic E-state index is -0.645. The topological polar surface area (TPSA) is 91.5 Å². The maximum Gasteiger partial charge on any atom is 0.237 e. The van der Waals surface area contributed by atoms with E-state index in [2.05, 4.69) is 74.3 Å². The molecular formula is C28H40N4O2. The summed E-state index contributed by atoms with van der Waals surface area (Å²) >= 11 is 0. The standard InChI is InChI=1S/C28H40N4O2/c1-27(2)13-14-28(3,4)22-18-19(8-9-21(22)27)24-6-5-7-25(31-24)32-15-10-20(11-16-32)30-26(34)23(29)12-17-33/h5-9,18,20,23,33H,10-17,29H2,1-4H3,(H,30,34)/t23-/m1/s1. The number of aliphatic hydroxyl groups is 1. The number of nitrogens with one attached hydrogen (secondary N) is 1. The average molecular weight is 465 g/mol. The Morgan fingerprint density at radius 3 is 2.47 bits per heavy atom. The van der Waals surface area contributed by atoms with Crippen LogP contribution in [0.15, 0.2) is 36.4 Å². The second-order valence-corrected chi connectivity index (χ2v) is 11.3. The van der Waals surface area contributed by atoms with E-state index in [4.69, 9.17) is 15.8 Å². The minimum absolute atomic E-state index is 0.0749. The van der Waals surface area contributed by atoms with Crippen molar-refractivity contribution in [2.24, 2.45) is 5.73 Å². The number of benzene rings is 1. The fourth-order valence-electron chi connectivity index (χ4n) is 5.34. The molecule has 2 aliphatic rings. The highest BCUT2D eigenvalue weighted by molar-refractivity contribution is 5.81. The number of piperidine rings is 1. The number of hydrogen-bond donors (Lipinski definition) is 3. The number of anilines is 1. The van der Waals surface area contributed by atoms with Gasteiger partial charge in [0.05, 0.1) is 11.7 Å². The smallest absolute Gasteiger partial charge is 0.237 e. The highest BCUT2D eigenvalue weighted by Gasteiger charge is 2.37. The van der Waals surface area contributed by atoms with Gasteiger partial charge in [0.1, 0.15) is 5.82 Å². The predicted octanol–water partition coefficient (Wildman–Crippen LogP) is 3.89. The number of fused-ring (bicyclic) bond motifs is 1. The van der Waals surface area contributed by atoms with Gasteiger partial charge >= 0.3 is 0 Å². The van der Waals surface area contributed by atoms with Crippen LogP contribution >= 0.6 is 0 Å². The third kappa shape index (κ3) is 5.13. The number of pyridine rings is 1. The van der Waals surface area contributed by atoms with Crippen LogP contribution in [0.2, 0.25) is 0 Å². The Bertz CT molecular complexity index is 1020. The summed E-state index contributed by atoms with van der Waals surface area (Å²) in [6, 6.07) is 12.6. The highest BCUT2D eigenvalue weighted by atomic mass is 16.3. The number of rotatable bonds is 6. The Hall–Kier alpha value is -2.44. The van der Waals surface area contributed by atoms with Crippen LogP contribution in [0.4, 0.5) is 5.82 Å². The van der Waals surface area contributed by atoms with E-state index in [0.717, 1.165) is 37.4 Å². The molecule has 4 N–H and O–H groups in total. The van der Waals surface area contributed by atoms with E-state index < -0.39 is 6.04 Å². The third-order valence-electron chi connectivity index (χ3n) is 7.83. The maximum absolute atomic E-state index is 12.2. The lowest BCUT2D eigenvalue weighted by atomic mass is 9.63. The molecule has 2 aromatic rings. The summed E-state index contributed by atoms with van der Waals surface area (Å²) in [4.78, 5) is 19.5. The van der Waals surface area contributed by atoms with E-state index in [-0.39, 0.29) is 29.4 Å². The van der Waals surface area contributed by atoms with E-state index in [0.29, 0.717) is 6.42 Å². The summed E-state index contributed by atoms with van der Waals surface area (Å²) < 4.78 is 0. The maximum atomic E-state index is 12.2. The van der Waals surface area contributed by atoms with E-state index in [1.807, 2.05) is 0 Å². The van der Waals surface area contributed by atoms with Gasteiger partial charge in [-0.2, -0.15) is 0 Å². The number of nitrogens with two attached hydrogens (primary N) is 1. The van der Waals surface area contributed by atoms with E-state index >= 15 is 0 Å². The molecule has 1 aromatic heterocycles. The SMILES string of the molecule is CC1(C)CCC(C)(C)c2cc(-c3cccc(N4CCC(NC(=O)[C@H](N)CCO)CC4)n3)ccc21. The molecule has 1 aromatic carbocycles. The van der Waals surface area contributed by atoms with Crippen LogP contribution in [-0.2, 0) is 15.6 Å². The zero-order chi connectivity index (χ0) is 24.5. The summed E-state index contributed by atoms with van der Waals surface area (Å²) in [6.07, 6.45) is 4.40. The summed E-state index contributed by atoms with van der Waals surface area (Å²) in [5, 5.41) is 12.0. The van der Waals surface area contributed by atoms with Crippen molar-refractivity contribution in [3.05, 3.63) is 47.5 Å². The molecule has 1 aliphatic carbocycles. The molecule has 0 radical (unpaired) electrons. The molecule has 1 amide bonds. The van der Waals surface area contributed by atoms with Crippen LogP contribution in [0.25, 0.3) is 11.3 Å². The quantitative estimate of drug-likeness (QED) is 0.603. The molecule has 1 atom stereocenters. The fraction of sp³-hybridized carbons (Fsp3) is 0.571. The molecule has 0 spiro atoms. The molecule has 1 aliphatic heterocycles. The van der Waals surface area contributed by atoms with Crippen molar-refractivity contribution in [2.45, 2.75) is 82.7 Å². The van der Waals surface area contributed by atoms with Gasteiger partial charge in [-0.25, -0.2) is 4.98 Å². The van der Waals surface area contributed by atoms with Gasteiger partial charge in [0, 0.05) is 31.3 Å². The van der Waals surface area contributed by atoms with Crippen LogP contribution in [0, 0.1) is 0 Å². The van der Waals surface area contributed by atoms with Crippen LogP contribution < -0.4 is 16.0 Å². The van der Waals surface area contributed by atoms with Gasteiger partial charge in [-0.3, -0.25) is 4.79 Å². The molecule has 1 saturated heterocycles. The number of aromatic nitrogens is 1. The molecule has 0 unspecified atom stereocenters. The second-order valence-electron chi connectivity index (χ2n) is 11.3. The second kappa shape index (κ2) is 9.67. The predicted molar refractivity (Wildman–Crippen MR) is 138 cm³/mol. The summed E-state index contributed by atoms with van der Waals surface area (Å²) in [5.41, 5.74) is 11.3. The first-order valence-electron chi connectivity index (χ1n) is 12.6. The van der Waals surface area contributed by atoms with Gasteiger partial charge in [-0.05, 0) is 72.3 Å². The van der Waals surface area contributed by atoms with Crippen molar-refractivity contribution in [2.75, 3.05) is 24.6 Å². The van der Waals surface area contributed by atoms with Crippen LogP contribution in [0.5, 0.6) is 0 Å². The van der Waals surface area contributed by atoms with E-state index in [1.54, 1.807) is 0 Å². The van der Waals surface area contributed by atoms with Gasteiger partial charge in [-0.15, -0.1) is 0 Å². The molecule has 184 valence electrons. The zero-order valence-corrected chi connectivity index (χ0v) is 21.1. The number of carbonyl (C=O) groups is 1. The van der Waals surface area contributed by atoms with Gasteiger partial charge < -0.3 is 21.1 Å². The monoisotopic (exact) mass is 464 g/mol. The van der Waals surface area contributed by atoms with Gasteiger partial charge in [0.25, 0.3) is 0 Å². The molecule has 0 saturated carbocycles. The molecular weight excluding hydrogens is 424 g/mol. The molecule has 0 bridgehead atoms. The van der Waals surface area contributed by atoms with E-state index in [9.17, 15) is 4.79 Å². The molecule has 1 fully saturated rings. The van der Waals surface area contributed by atoms with Crippen molar-refractivity contribution in [3.8, 4) is 11.3 Å². The van der Waals surface area contributed by atoms with Crippen molar-refractivity contribution in [1.29, 1.82) is 0 Å². The Balaban J connectivity index is 1.47. The lowest BCUT2D eigenvalue weighted by Gasteiger charge is -2.42. The molecule has 2 heterocycles. The van der Waals surface area contributed by atoms with Crippen molar-refractivity contribution < 1.29 is 9.90 Å². The first-order valence-corrected chi connectivity index (χ1v) is 12.6. The first kappa shape index (κ1) is 24.7. The lowest BCUT2D eigenvalue weighted by molar-refractivity contribution is -0.123. The van der Waals surface area contributed by atoms with Crippen molar-refractivity contribution in [1.82, 2.24) is 10.3 Å². The first-order chi connectivity index (χ1) is 16.1. The van der Waals surface area contributed by atoms with Crippen molar-refractivity contribution >= 4 is 11.7 Å². The van der Waals surface area contributed by atoms with Crippen molar-refractivity contribution in [3.63, 3.8) is 0 Å². The molecule has 4 rings (SSSR count). The lowest BCUT2D eigenvalue weighted by Crippen LogP contribution is -2.50. The van der Waals surface area contributed by atoms with Crippen LogP contribution in [-0.4, -0.2) is 47.8 Å². The zero-order valence-electron chi connectivity index (χ0n) is 21.1. The molecule has 34 heavy (non-hydrogen) atoms. The molecule has 6 heteroatoms. The molecule has 6 nitrogen and oxygen atoms in total. The van der Waals surface area contributed by atoms with Crippen LogP contribution in [0.3, 0.4) is 0 Å². The number of hydrogen-bond acceptors (Lipinski definition) is 5. The Morgan fingerprint density at radius 2 is 1.79 bits per heavy atom. The normalized spacial score (nSPS) is 20.5. The summed E-state index contributed by atoms with van der Waals surface area (Å²) in [7, 11) is 0. The number of amides is 1. The van der Waals surface area contributed by atoms with Gasteiger partial charge in [0.2, 0.25) is 5.91 Å². The minimum Gasteiger partial charge on any atom is -0.396 e. The summed E-state index contributed by atoms with van der Waals surface area (Å²) in [5.74, 6) is 0.808. The van der Waals surface area contributed by atoms with Crippen LogP contribution in [0.1, 0.15) is 70.9 Å². The number of carbonyl (C=O) groups excluding carboxylic acids is 1. The average Bonchev–Trinajstić information content (AvgIpc) is 2.82. The van der Waals surface area contributed by atoms with Gasteiger partial charge in [-0.1, -0.05) is 45.9 Å². The van der Waals surface area contributed by atoms with E-state index in [1.165, 1.54) is 29.5 Å². The fourth-order valence-corrected chi connectivity index (χ4v) is 5.34.